The summed E-state index contributed by atoms with van der Waals surface area (Å²) in [6.07, 6.45) is -0.256. The maximum Gasteiger partial charge on any atom is 0.246 e. The predicted octanol–water partition coefficient (Wildman–Crippen LogP) is 6.14. The van der Waals surface area contributed by atoms with Crippen LogP contribution < -0.4 is 15.5 Å². The third-order valence-electron chi connectivity index (χ3n) is 13.5. The van der Waals surface area contributed by atoms with Crippen LogP contribution in [-0.2, 0) is 37.6 Å². The van der Waals surface area contributed by atoms with Crippen LogP contribution in [0.25, 0.3) is 21.3 Å². The molecule has 8 rings (SSSR count). The van der Waals surface area contributed by atoms with Crippen LogP contribution in [0.1, 0.15) is 110 Å². The first kappa shape index (κ1) is 46.2. The number of likely N-dealkylation sites (tertiary alicyclic amines) is 1. The number of thiazole rings is 1. The zero-order chi connectivity index (χ0) is 47.2. The molecule has 0 saturated carbocycles. The van der Waals surface area contributed by atoms with Crippen molar-refractivity contribution in [3.05, 3.63) is 105 Å². The minimum absolute atomic E-state index is 0.0345. The molecule has 2 aromatic heterocycles. The van der Waals surface area contributed by atoms with Gasteiger partial charge in [0.25, 0.3) is 0 Å². The Morgan fingerprint density at radius 2 is 1.76 bits per heavy atom. The van der Waals surface area contributed by atoms with Crippen LogP contribution >= 0.6 is 11.3 Å². The summed E-state index contributed by atoms with van der Waals surface area (Å²) in [5.74, 6) is -1.49. The Kier molecular flexibility index (Phi) is 12.7. The number of ketones is 1. The highest BCUT2D eigenvalue weighted by Crippen LogP contribution is 2.46. The van der Waals surface area contributed by atoms with Gasteiger partial charge in [-0.2, -0.15) is 5.26 Å². The Balaban J connectivity index is 0.866. The number of hydrogen-bond donors (Lipinski definition) is 4. The van der Waals surface area contributed by atoms with Crippen LogP contribution in [0.5, 0.6) is 0 Å². The van der Waals surface area contributed by atoms with Crippen LogP contribution in [0, 0.1) is 23.7 Å². The third-order valence-corrected chi connectivity index (χ3v) is 14.5. The number of amides is 4. The molecule has 5 aromatic rings. The number of nitrogens with one attached hydrogen (secondary N) is 3. The van der Waals surface area contributed by atoms with E-state index in [1.54, 1.807) is 28.4 Å². The van der Waals surface area contributed by atoms with Gasteiger partial charge in [0.2, 0.25) is 23.6 Å². The van der Waals surface area contributed by atoms with E-state index >= 15 is 0 Å². The lowest BCUT2D eigenvalue weighted by molar-refractivity contribution is -0.144. The summed E-state index contributed by atoms with van der Waals surface area (Å²) in [5, 5.41) is 26.8. The van der Waals surface area contributed by atoms with Gasteiger partial charge in [-0.1, -0.05) is 71.9 Å². The SMILES string of the molecule is CCc1cc2c(cc1N1CCN(C(=O)CCC(=O)NC(C(=O)N3C[C@H](O)C[C@H]3C(=O)NCc3ccc(-c4scnc4C)cc3)C(C)(C)C)CC1)C(C)(C)c1[nH]c3cc(C#N)ccc3c1C2=O. The summed E-state index contributed by atoms with van der Waals surface area (Å²) < 4.78 is 0. The fourth-order valence-electron chi connectivity index (χ4n) is 9.75. The lowest BCUT2D eigenvalue weighted by Gasteiger charge is -2.39. The number of aliphatic hydroxyl groups excluding tert-OH is 1. The van der Waals surface area contributed by atoms with Crippen molar-refractivity contribution in [2.75, 3.05) is 37.6 Å². The number of carbonyl (C=O) groups is 5. The fourth-order valence-corrected chi connectivity index (χ4v) is 10.6. The van der Waals surface area contributed by atoms with E-state index in [2.05, 4.69) is 58.4 Å². The molecule has 1 aliphatic carbocycles. The lowest BCUT2D eigenvalue weighted by Crippen LogP contribution is -2.57. The number of carbonyl (C=O) groups excluding carboxylic acids is 5. The maximum atomic E-state index is 14.2. The Labute approximate surface area is 389 Å². The number of H-pyrrole nitrogens is 1. The molecule has 0 radical (unpaired) electrons. The largest absolute Gasteiger partial charge is 0.391 e. The van der Waals surface area contributed by atoms with Crippen LogP contribution in [-0.4, -0.2) is 105 Å². The molecule has 66 heavy (non-hydrogen) atoms. The molecule has 1 unspecified atom stereocenters. The fraction of sp³-hybridized carbons (Fsp3) is 0.431. The minimum atomic E-state index is -1.00. The number of anilines is 1. The summed E-state index contributed by atoms with van der Waals surface area (Å²) >= 11 is 1.57. The van der Waals surface area contributed by atoms with Crippen molar-refractivity contribution >= 4 is 57.3 Å². The Hall–Kier alpha value is -6.37. The van der Waals surface area contributed by atoms with Gasteiger partial charge in [-0.15, -0.1) is 11.3 Å². The molecule has 4 amide bonds. The monoisotopic (exact) mass is 910 g/mol. The van der Waals surface area contributed by atoms with Gasteiger partial charge in [-0.05, 0) is 65.3 Å². The highest BCUT2D eigenvalue weighted by molar-refractivity contribution is 7.13. The number of piperazine rings is 1. The summed E-state index contributed by atoms with van der Waals surface area (Å²) in [6, 6.07) is 17.7. The number of fused-ring (bicyclic) bond motifs is 4. The lowest BCUT2D eigenvalue weighted by atomic mass is 9.70. The van der Waals surface area contributed by atoms with Gasteiger partial charge in [-0.25, -0.2) is 4.98 Å². The number of nitrogens with zero attached hydrogens (tertiary/aromatic N) is 5. The van der Waals surface area contributed by atoms with Gasteiger partial charge in [0.05, 0.1) is 39.4 Å². The molecular formula is C51H58N8O6S. The van der Waals surface area contributed by atoms with Crippen molar-refractivity contribution < 1.29 is 29.1 Å². The number of β-amino-alcohol motifs (C(OH)–C–C–N with tert-alkyl or cyclic N) is 1. The predicted molar refractivity (Wildman–Crippen MR) is 254 cm³/mol. The first-order valence-electron chi connectivity index (χ1n) is 22.8. The summed E-state index contributed by atoms with van der Waals surface area (Å²) in [7, 11) is 0. The van der Waals surface area contributed by atoms with Crippen molar-refractivity contribution in [1.29, 1.82) is 5.26 Å². The molecule has 0 spiro atoms. The van der Waals surface area contributed by atoms with E-state index in [1.807, 2.05) is 69.6 Å². The van der Waals surface area contributed by atoms with Crippen molar-refractivity contribution in [3.8, 4) is 16.5 Å². The van der Waals surface area contributed by atoms with E-state index in [4.69, 9.17) is 0 Å². The average molecular weight is 911 g/mol. The van der Waals surface area contributed by atoms with Crippen LogP contribution in [0.2, 0.25) is 0 Å². The van der Waals surface area contributed by atoms with E-state index in [0.29, 0.717) is 49.3 Å². The number of aryl methyl sites for hydroxylation is 2. The average Bonchev–Trinajstić information content (AvgIpc) is 4.04. The van der Waals surface area contributed by atoms with Crippen LogP contribution in [0.4, 0.5) is 5.69 Å². The molecule has 3 atom stereocenters. The molecule has 2 saturated heterocycles. The van der Waals surface area contributed by atoms with Gasteiger partial charge in [0, 0.05) is 91.8 Å². The summed E-state index contributed by atoms with van der Waals surface area (Å²) in [5.41, 5.74) is 9.89. The van der Waals surface area contributed by atoms with Gasteiger partial charge in [0.1, 0.15) is 12.1 Å². The Morgan fingerprint density at radius 1 is 1.03 bits per heavy atom. The third kappa shape index (κ3) is 8.84. The van der Waals surface area contributed by atoms with E-state index in [9.17, 15) is 34.3 Å². The second kappa shape index (κ2) is 18.1. The highest BCUT2D eigenvalue weighted by Gasteiger charge is 2.45. The summed E-state index contributed by atoms with van der Waals surface area (Å²) in [4.78, 5) is 83.2. The maximum absolute atomic E-state index is 14.2. The molecule has 344 valence electrons. The van der Waals surface area contributed by atoms with Gasteiger partial charge >= 0.3 is 0 Å². The number of hydrogen-bond acceptors (Lipinski definition) is 10. The first-order chi connectivity index (χ1) is 31.4. The smallest absolute Gasteiger partial charge is 0.246 e. The second-order valence-corrected chi connectivity index (χ2v) is 20.2. The molecule has 2 fully saturated rings. The molecule has 2 aliphatic heterocycles. The standard InChI is InChI=1S/C51H58N8O6S/c1-8-32-22-36-37(51(6,7)46-43(44(36)63)35-14-11-31(25-52)21-38(35)55-46)24-39(32)57-17-19-58(20-18-57)42(62)16-15-41(61)56-47(50(3,4)5)49(65)59-27-34(60)23-40(59)48(64)53-26-30-9-12-33(13-10-30)45-29(2)54-28-66-45/h9-14,21-22,24,28,34,40,47,55,60H,8,15-20,23,26-27H2,1-7H3,(H,53,64)(H,56,61)/t34-,40+,47?/m1/s1. The molecular weight excluding hydrogens is 853 g/mol. The van der Waals surface area contributed by atoms with Crippen molar-refractivity contribution in [2.45, 2.75) is 104 Å². The number of aliphatic hydroxyl groups is 1. The van der Waals surface area contributed by atoms with E-state index in [0.717, 1.165) is 55.1 Å². The molecule has 0 bridgehead atoms. The van der Waals surface area contributed by atoms with Gasteiger partial charge < -0.3 is 35.4 Å². The Morgan fingerprint density at radius 3 is 2.41 bits per heavy atom. The molecule has 4 N–H and O–H groups in total. The molecule has 4 heterocycles. The molecule has 3 aromatic carbocycles. The molecule has 14 nitrogen and oxygen atoms in total. The van der Waals surface area contributed by atoms with E-state index < -0.39 is 40.8 Å². The van der Waals surface area contributed by atoms with Crippen molar-refractivity contribution in [2.24, 2.45) is 5.41 Å². The second-order valence-electron chi connectivity index (χ2n) is 19.4. The van der Waals surface area contributed by atoms with Crippen LogP contribution in [0.15, 0.2) is 60.1 Å². The zero-order valence-corrected chi connectivity index (χ0v) is 39.5. The Bertz CT molecular complexity index is 2770. The quantitative estimate of drug-likeness (QED) is 0.121. The van der Waals surface area contributed by atoms with Gasteiger partial charge in [-0.3, -0.25) is 24.0 Å². The number of nitriles is 1. The normalized spacial score (nSPS) is 18.4. The summed E-state index contributed by atoms with van der Waals surface area (Å²) in [6.45, 7) is 16.0. The number of rotatable bonds is 11. The topological polar surface area (TPSA) is 192 Å². The number of aromatic nitrogens is 2. The van der Waals surface area contributed by atoms with Gasteiger partial charge in [0.15, 0.2) is 5.78 Å². The van der Waals surface area contributed by atoms with Crippen LogP contribution in [0.3, 0.4) is 0 Å². The minimum Gasteiger partial charge on any atom is -0.391 e. The molecule has 15 heteroatoms. The number of aromatic amines is 1. The highest BCUT2D eigenvalue weighted by atomic mass is 32.1. The van der Waals surface area contributed by atoms with Crippen molar-refractivity contribution in [1.82, 2.24) is 30.4 Å². The molecule has 3 aliphatic rings. The van der Waals surface area contributed by atoms with E-state index in [-0.39, 0.29) is 49.9 Å². The van der Waals surface area contributed by atoms with Crippen molar-refractivity contribution in [3.63, 3.8) is 0 Å². The zero-order valence-electron chi connectivity index (χ0n) is 38.7. The van der Waals surface area contributed by atoms with E-state index in [1.165, 1.54) is 4.90 Å². The first-order valence-corrected chi connectivity index (χ1v) is 23.6. The number of benzene rings is 3.